The van der Waals surface area contributed by atoms with Crippen LogP contribution in [0.25, 0.3) is 6.20 Å². The third-order valence-corrected chi connectivity index (χ3v) is 2.93. The first-order chi connectivity index (χ1) is 9.63. The number of amides is 1. The van der Waals surface area contributed by atoms with Crippen LogP contribution in [0.1, 0.15) is 17.3 Å². The van der Waals surface area contributed by atoms with Gasteiger partial charge in [-0.3, -0.25) is 10.1 Å². The molecular weight excluding hydrogens is 326 g/mol. The molecule has 0 aliphatic heterocycles. The molecule has 7 nitrogen and oxygen atoms in total. The fourth-order valence-electron chi connectivity index (χ4n) is 1.44. The molecule has 0 aliphatic carbocycles. The van der Waals surface area contributed by atoms with Crippen LogP contribution in [0, 0.1) is 0 Å². The molecule has 8 heteroatoms. The fourth-order valence-corrected chi connectivity index (χ4v) is 1.93. The predicted molar refractivity (Wildman–Crippen MR) is 77.5 cm³/mol. The van der Waals surface area contributed by atoms with Crippen molar-refractivity contribution in [3.05, 3.63) is 34.8 Å². The molecule has 1 aromatic carbocycles. The maximum Gasteiger partial charge on any atom is 0.270 e. The number of halogens is 1. The molecule has 0 spiro atoms. The van der Waals surface area contributed by atoms with Crippen LogP contribution in [0.5, 0.6) is 5.75 Å². The Hall–Kier alpha value is -2.22. The zero-order chi connectivity index (χ0) is 14.5. The molecule has 1 heterocycles. The number of ether oxygens (including phenoxy) is 1. The number of carbonyl (C=O) groups is 1. The van der Waals surface area contributed by atoms with Gasteiger partial charge in [-0.1, -0.05) is 11.7 Å². The molecule has 1 N–H and O–H groups in total. The lowest BCUT2D eigenvalue weighted by Crippen LogP contribution is -2.13. The normalized spacial score (nSPS) is 10.1. The summed E-state index contributed by atoms with van der Waals surface area (Å²) in [5, 5.41) is 13.7. The predicted octanol–water partition coefficient (Wildman–Crippen LogP) is 2.19. The number of hydrogen-bond donors (Lipinski definition) is 1. The molecule has 0 aliphatic rings. The Kier molecular flexibility index (Phi) is 4.46. The summed E-state index contributed by atoms with van der Waals surface area (Å²) in [6, 6.07) is 5.04. The summed E-state index contributed by atoms with van der Waals surface area (Å²) in [6.45, 7) is 5.93. The third-order valence-electron chi connectivity index (χ3n) is 2.31. The molecule has 0 saturated heterocycles. The lowest BCUT2D eigenvalue weighted by Gasteiger charge is -2.07. The minimum absolute atomic E-state index is 0.111. The van der Waals surface area contributed by atoms with E-state index in [-0.39, 0.29) is 11.9 Å². The first kappa shape index (κ1) is 14.2. The highest BCUT2D eigenvalue weighted by atomic mass is 79.9. The Labute approximate surface area is 123 Å². The zero-order valence-electron chi connectivity index (χ0n) is 10.7. The van der Waals surface area contributed by atoms with E-state index in [1.165, 1.54) is 6.20 Å². The second kappa shape index (κ2) is 6.29. The van der Waals surface area contributed by atoms with Crippen molar-refractivity contribution in [1.29, 1.82) is 0 Å². The van der Waals surface area contributed by atoms with Gasteiger partial charge in [-0.05, 0) is 46.3 Å². The van der Waals surface area contributed by atoms with Gasteiger partial charge < -0.3 is 4.74 Å². The van der Waals surface area contributed by atoms with Gasteiger partial charge in [0.05, 0.1) is 11.1 Å². The Bertz CT molecular complexity index is 641. The number of benzene rings is 1. The lowest BCUT2D eigenvalue weighted by molar-refractivity contribution is 0.102. The lowest BCUT2D eigenvalue weighted by atomic mass is 10.2. The molecule has 0 bridgehead atoms. The SMILES string of the molecule is C=Cn1nnc(NC(=O)c2ccc(OCC)c(Br)c2)n1. The number of rotatable bonds is 5. The molecule has 2 aromatic rings. The number of hydrogen-bond acceptors (Lipinski definition) is 5. The molecule has 0 radical (unpaired) electrons. The third kappa shape index (κ3) is 3.21. The topological polar surface area (TPSA) is 81.9 Å². The van der Waals surface area contributed by atoms with Crippen LogP contribution < -0.4 is 10.1 Å². The summed E-state index contributed by atoms with van der Waals surface area (Å²) in [6.07, 6.45) is 1.37. The monoisotopic (exact) mass is 337 g/mol. The van der Waals surface area contributed by atoms with E-state index in [2.05, 4.69) is 43.2 Å². The maximum atomic E-state index is 12.0. The van der Waals surface area contributed by atoms with Crippen LogP contribution >= 0.6 is 15.9 Å². The van der Waals surface area contributed by atoms with Gasteiger partial charge in [-0.25, -0.2) is 0 Å². The Balaban J connectivity index is 2.12. The second-order valence-corrected chi connectivity index (χ2v) is 4.50. The van der Waals surface area contributed by atoms with Crippen LogP contribution in [0.2, 0.25) is 0 Å². The summed E-state index contributed by atoms with van der Waals surface area (Å²) in [4.78, 5) is 13.2. The number of anilines is 1. The van der Waals surface area contributed by atoms with Gasteiger partial charge in [0.25, 0.3) is 11.9 Å². The van der Waals surface area contributed by atoms with Gasteiger partial charge >= 0.3 is 0 Å². The number of nitrogens with one attached hydrogen (secondary N) is 1. The minimum atomic E-state index is -0.336. The van der Waals surface area contributed by atoms with E-state index in [1.807, 2.05) is 6.92 Å². The highest BCUT2D eigenvalue weighted by Crippen LogP contribution is 2.26. The molecule has 0 saturated carbocycles. The smallest absolute Gasteiger partial charge is 0.270 e. The standard InChI is InChI=1S/C12H12BrN5O2/c1-3-18-16-12(15-17-18)14-11(19)8-5-6-10(20-4-2)9(13)7-8/h3,5-7H,1,4H2,2H3,(H,14,16,19). The number of nitrogens with zero attached hydrogens (tertiary/aromatic N) is 4. The Morgan fingerprint density at radius 3 is 3.00 bits per heavy atom. The average Bonchev–Trinajstić information content (AvgIpc) is 2.89. The van der Waals surface area contributed by atoms with Gasteiger partial charge in [0.15, 0.2) is 0 Å². The molecule has 0 fully saturated rings. The number of aromatic nitrogens is 4. The first-order valence-corrected chi connectivity index (χ1v) is 6.59. The molecular formula is C12H12BrN5O2. The summed E-state index contributed by atoms with van der Waals surface area (Å²) >= 11 is 3.35. The molecule has 2 rings (SSSR count). The Morgan fingerprint density at radius 1 is 1.60 bits per heavy atom. The van der Waals surface area contributed by atoms with Crippen LogP contribution in [-0.4, -0.2) is 32.7 Å². The van der Waals surface area contributed by atoms with E-state index in [0.29, 0.717) is 22.4 Å². The number of tetrazole rings is 1. The van der Waals surface area contributed by atoms with Crippen LogP contribution in [-0.2, 0) is 0 Å². The van der Waals surface area contributed by atoms with E-state index in [0.717, 1.165) is 4.80 Å². The summed E-state index contributed by atoms with van der Waals surface area (Å²) in [5.74, 6) is 0.456. The van der Waals surface area contributed by atoms with Crippen molar-refractivity contribution >= 4 is 34.0 Å². The number of carbonyl (C=O) groups excluding carboxylic acids is 1. The van der Waals surface area contributed by atoms with Crippen molar-refractivity contribution in [3.63, 3.8) is 0 Å². The average molecular weight is 338 g/mol. The molecule has 1 aromatic heterocycles. The fraction of sp³-hybridized carbons (Fsp3) is 0.167. The summed E-state index contributed by atoms with van der Waals surface area (Å²) in [5.41, 5.74) is 0.454. The summed E-state index contributed by atoms with van der Waals surface area (Å²) < 4.78 is 6.08. The highest BCUT2D eigenvalue weighted by Gasteiger charge is 2.11. The first-order valence-electron chi connectivity index (χ1n) is 5.79. The van der Waals surface area contributed by atoms with Crippen molar-refractivity contribution in [1.82, 2.24) is 20.2 Å². The van der Waals surface area contributed by atoms with Gasteiger partial charge in [0.1, 0.15) is 5.75 Å². The van der Waals surface area contributed by atoms with Crippen molar-refractivity contribution < 1.29 is 9.53 Å². The van der Waals surface area contributed by atoms with E-state index in [4.69, 9.17) is 4.74 Å². The largest absolute Gasteiger partial charge is 0.493 e. The second-order valence-electron chi connectivity index (χ2n) is 3.65. The van der Waals surface area contributed by atoms with Crippen LogP contribution in [0.4, 0.5) is 5.95 Å². The molecule has 0 atom stereocenters. The minimum Gasteiger partial charge on any atom is -0.493 e. The summed E-state index contributed by atoms with van der Waals surface area (Å²) in [7, 11) is 0. The molecule has 104 valence electrons. The van der Waals surface area contributed by atoms with Crippen molar-refractivity contribution in [3.8, 4) is 5.75 Å². The van der Waals surface area contributed by atoms with Gasteiger partial charge in [-0.2, -0.15) is 0 Å². The zero-order valence-corrected chi connectivity index (χ0v) is 12.3. The van der Waals surface area contributed by atoms with E-state index in [1.54, 1.807) is 18.2 Å². The molecule has 0 unspecified atom stereocenters. The molecule has 20 heavy (non-hydrogen) atoms. The molecule has 1 amide bonds. The van der Waals surface area contributed by atoms with Crippen LogP contribution in [0.3, 0.4) is 0 Å². The van der Waals surface area contributed by atoms with Crippen molar-refractivity contribution in [2.45, 2.75) is 6.92 Å². The van der Waals surface area contributed by atoms with Crippen LogP contribution in [0.15, 0.2) is 29.3 Å². The maximum absolute atomic E-state index is 12.0. The van der Waals surface area contributed by atoms with Crippen molar-refractivity contribution in [2.24, 2.45) is 0 Å². The van der Waals surface area contributed by atoms with Gasteiger partial charge in [0.2, 0.25) is 0 Å². The highest BCUT2D eigenvalue weighted by molar-refractivity contribution is 9.10. The van der Waals surface area contributed by atoms with E-state index >= 15 is 0 Å². The quantitative estimate of drug-likeness (QED) is 0.904. The van der Waals surface area contributed by atoms with Crippen molar-refractivity contribution in [2.75, 3.05) is 11.9 Å². The Morgan fingerprint density at radius 2 is 2.40 bits per heavy atom. The van der Waals surface area contributed by atoms with E-state index < -0.39 is 0 Å². The van der Waals surface area contributed by atoms with Gasteiger partial charge in [-0.15, -0.1) is 9.90 Å². The van der Waals surface area contributed by atoms with Gasteiger partial charge in [0, 0.05) is 11.8 Å². The van der Waals surface area contributed by atoms with E-state index in [9.17, 15) is 4.79 Å².